The number of aliphatic carboxylic acids is 1. The molecule has 0 spiro atoms. The minimum Gasteiger partial charge on any atom is -0.481 e. The lowest BCUT2D eigenvalue weighted by molar-refractivity contribution is -0.150. The lowest BCUT2D eigenvalue weighted by Crippen LogP contribution is -2.46. The third-order valence-electron chi connectivity index (χ3n) is 3.91. The number of rotatable bonds is 4. The Kier molecular flexibility index (Phi) is 4.32. The second-order valence-corrected chi connectivity index (χ2v) is 5.63. The number of nitrogens with zero attached hydrogens (tertiary/aromatic N) is 2. The van der Waals surface area contributed by atoms with Gasteiger partial charge in [-0.25, -0.2) is 4.98 Å². The van der Waals surface area contributed by atoms with Gasteiger partial charge in [-0.3, -0.25) is 4.79 Å². The molecule has 1 aliphatic carbocycles. The fraction of sp³-hybridized carbons (Fsp3) is 0.615. The van der Waals surface area contributed by atoms with E-state index in [1.165, 1.54) is 13.3 Å². The van der Waals surface area contributed by atoms with Gasteiger partial charge in [-0.05, 0) is 19.8 Å². The average Bonchev–Trinajstić information content (AvgIpc) is 2.43. The summed E-state index contributed by atoms with van der Waals surface area (Å²) in [5.41, 5.74) is -0.820. The maximum atomic E-state index is 11.6. The van der Waals surface area contributed by atoms with Gasteiger partial charge in [0.1, 0.15) is 5.02 Å². The number of carboxylic acids is 1. The van der Waals surface area contributed by atoms with Crippen LogP contribution >= 0.6 is 11.6 Å². The molecule has 2 N–H and O–H groups in total. The van der Waals surface area contributed by atoms with Crippen LogP contribution in [0.5, 0.6) is 6.01 Å². The fourth-order valence-electron chi connectivity index (χ4n) is 2.54. The van der Waals surface area contributed by atoms with E-state index >= 15 is 0 Å². The van der Waals surface area contributed by atoms with Gasteiger partial charge in [-0.1, -0.05) is 24.4 Å². The van der Waals surface area contributed by atoms with Crippen molar-refractivity contribution in [3.63, 3.8) is 0 Å². The molecule has 7 heteroatoms. The SMILES string of the molecule is COc1ncc(Cl)c(NC2CCCCC2(C)C(=O)O)n1. The number of hydrogen-bond acceptors (Lipinski definition) is 5. The van der Waals surface area contributed by atoms with Crippen LogP contribution in [-0.2, 0) is 4.79 Å². The van der Waals surface area contributed by atoms with Crippen LogP contribution < -0.4 is 10.1 Å². The minimum atomic E-state index is -0.820. The Morgan fingerprint density at radius 2 is 2.35 bits per heavy atom. The smallest absolute Gasteiger partial charge is 0.318 e. The van der Waals surface area contributed by atoms with Crippen LogP contribution in [0, 0.1) is 5.41 Å². The van der Waals surface area contributed by atoms with Gasteiger partial charge in [-0.2, -0.15) is 4.98 Å². The predicted molar refractivity (Wildman–Crippen MR) is 75.2 cm³/mol. The molecule has 110 valence electrons. The number of carbonyl (C=O) groups is 1. The number of methoxy groups -OCH3 is 1. The molecular formula is C13H18ClN3O3. The van der Waals surface area contributed by atoms with Crippen molar-refractivity contribution in [1.29, 1.82) is 0 Å². The van der Waals surface area contributed by atoms with Crippen LogP contribution in [0.2, 0.25) is 5.02 Å². The molecule has 0 aromatic carbocycles. The normalized spacial score (nSPS) is 26.1. The summed E-state index contributed by atoms with van der Waals surface area (Å²) in [5, 5.41) is 13.0. The number of halogens is 1. The monoisotopic (exact) mass is 299 g/mol. The molecule has 0 bridgehead atoms. The first-order valence-corrected chi connectivity index (χ1v) is 6.91. The second-order valence-electron chi connectivity index (χ2n) is 5.22. The lowest BCUT2D eigenvalue weighted by Gasteiger charge is -2.38. The molecule has 0 amide bonds. The van der Waals surface area contributed by atoms with E-state index in [0.29, 0.717) is 17.3 Å². The summed E-state index contributed by atoms with van der Waals surface area (Å²) in [6, 6.07) is -0.0180. The van der Waals surface area contributed by atoms with Gasteiger partial charge in [0, 0.05) is 6.04 Å². The van der Waals surface area contributed by atoms with Gasteiger partial charge in [0.05, 0.1) is 18.7 Å². The molecule has 1 heterocycles. The van der Waals surface area contributed by atoms with Crippen molar-refractivity contribution in [1.82, 2.24) is 9.97 Å². The Labute approximate surface area is 122 Å². The van der Waals surface area contributed by atoms with Crippen LogP contribution in [0.25, 0.3) is 0 Å². The molecule has 0 radical (unpaired) electrons. The third kappa shape index (κ3) is 2.80. The number of ether oxygens (including phenoxy) is 1. The second kappa shape index (κ2) is 5.83. The Morgan fingerprint density at radius 1 is 1.60 bits per heavy atom. The summed E-state index contributed by atoms with van der Waals surface area (Å²) in [7, 11) is 1.47. The van der Waals surface area contributed by atoms with Gasteiger partial charge in [-0.15, -0.1) is 0 Å². The van der Waals surface area contributed by atoms with Gasteiger partial charge in [0.2, 0.25) is 0 Å². The van der Waals surface area contributed by atoms with Gasteiger partial charge < -0.3 is 15.2 Å². The van der Waals surface area contributed by atoms with E-state index in [1.807, 2.05) is 0 Å². The summed E-state index contributed by atoms with van der Waals surface area (Å²) >= 11 is 6.05. The first kappa shape index (κ1) is 14.8. The van der Waals surface area contributed by atoms with E-state index in [9.17, 15) is 9.90 Å². The molecule has 1 saturated carbocycles. The summed E-state index contributed by atoms with van der Waals surface area (Å²) in [6.45, 7) is 1.76. The molecule has 2 atom stereocenters. The Morgan fingerprint density at radius 3 is 3.00 bits per heavy atom. The molecule has 0 aliphatic heterocycles. The highest BCUT2D eigenvalue weighted by molar-refractivity contribution is 6.32. The minimum absolute atomic E-state index is 0.199. The summed E-state index contributed by atoms with van der Waals surface area (Å²) < 4.78 is 4.96. The number of hydrogen-bond donors (Lipinski definition) is 2. The standard InChI is InChI=1S/C13H18ClN3O3/c1-13(11(18)19)6-4-3-5-9(13)16-10-8(14)7-15-12(17-10)20-2/h7,9H,3-6H2,1-2H3,(H,18,19)(H,15,16,17). The lowest BCUT2D eigenvalue weighted by atomic mass is 9.71. The maximum Gasteiger partial charge on any atom is 0.318 e. The summed E-state index contributed by atoms with van der Waals surface area (Å²) in [5.74, 6) is -0.385. The topological polar surface area (TPSA) is 84.3 Å². The van der Waals surface area contributed by atoms with Crippen molar-refractivity contribution in [2.75, 3.05) is 12.4 Å². The quantitative estimate of drug-likeness (QED) is 0.889. The fourth-order valence-corrected chi connectivity index (χ4v) is 2.68. The van der Waals surface area contributed by atoms with E-state index in [1.54, 1.807) is 6.92 Å². The molecule has 1 aliphatic rings. The van der Waals surface area contributed by atoms with Crippen molar-refractivity contribution in [3.05, 3.63) is 11.2 Å². The largest absolute Gasteiger partial charge is 0.481 e. The highest BCUT2D eigenvalue weighted by Crippen LogP contribution is 2.38. The first-order valence-electron chi connectivity index (χ1n) is 6.54. The van der Waals surface area contributed by atoms with E-state index in [2.05, 4.69) is 15.3 Å². The zero-order chi connectivity index (χ0) is 14.8. The van der Waals surface area contributed by atoms with Crippen molar-refractivity contribution in [2.24, 2.45) is 5.41 Å². The first-order chi connectivity index (χ1) is 9.47. The number of anilines is 1. The number of aromatic nitrogens is 2. The highest BCUT2D eigenvalue weighted by atomic mass is 35.5. The van der Waals surface area contributed by atoms with E-state index in [-0.39, 0.29) is 12.1 Å². The summed E-state index contributed by atoms with van der Waals surface area (Å²) in [4.78, 5) is 19.6. The zero-order valence-electron chi connectivity index (χ0n) is 11.5. The van der Waals surface area contributed by atoms with Crippen LogP contribution in [0.1, 0.15) is 32.6 Å². The zero-order valence-corrected chi connectivity index (χ0v) is 12.3. The van der Waals surface area contributed by atoms with Crippen molar-refractivity contribution >= 4 is 23.4 Å². The third-order valence-corrected chi connectivity index (χ3v) is 4.19. The molecule has 2 unspecified atom stereocenters. The molecule has 20 heavy (non-hydrogen) atoms. The van der Waals surface area contributed by atoms with Crippen LogP contribution in [0.4, 0.5) is 5.82 Å². The van der Waals surface area contributed by atoms with Gasteiger partial charge >= 0.3 is 12.0 Å². The molecule has 6 nitrogen and oxygen atoms in total. The number of nitrogens with one attached hydrogen (secondary N) is 1. The van der Waals surface area contributed by atoms with E-state index in [4.69, 9.17) is 16.3 Å². The molecule has 0 saturated heterocycles. The van der Waals surface area contributed by atoms with Crippen molar-refractivity contribution in [3.8, 4) is 6.01 Å². The van der Waals surface area contributed by atoms with Crippen LogP contribution in [-0.4, -0.2) is 34.2 Å². The van der Waals surface area contributed by atoms with E-state index in [0.717, 1.165) is 19.3 Å². The van der Waals surface area contributed by atoms with Crippen molar-refractivity contribution < 1.29 is 14.6 Å². The molecule has 1 aromatic heterocycles. The Bertz CT molecular complexity index is 512. The van der Waals surface area contributed by atoms with Gasteiger partial charge in [0.15, 0.2) is 5.82 Å². The predicted octanol–water partition coefficient (Wildman–Crippen LogP) is 2.58. The molecule has 2 rings (SSSR count). The van der Waals surface area contributed by atoms with E-state index < -0.39 is 11.4 Å². The molecular weight excluding hydrogens is 282 g/mol. The Hall–Kier alpha value is -1.56. The number of carboxylic acid groups (broad SMARTS) is 1. The average molecular weight is 300 g/mol. The maximum absolute atomic E-state index is 11.6. The Balaban J connectivity index is 2.25. The summed E-state index contributed by atoms with van der Waals surface area (Å²) in [6.07, 6.45) is 4.75. The molecule has 1 fully saturated rings. The highest BCUT2D eigenvalue weighted by Gasteiger charge is 2.43. The van der Waals surface area contributed by atoms with Crippen LogP contribution in [0.3, 0.4) is 0 Å². The van der Waals surface area contributed by atoms with Crippen molar-refractivity contribution in [2.45, 2.75) is 38.6 Å². The van der Waals surface area contributed by atoms with Gasteiger partial charge in [0.25, 0.3) is 0 Å². The molecule has 1 aromatic rings. The van der Waals surface area contributed by atoms with Crippen LogP contribution in [0.15, 0.2) is 6.20 Å².